The van der Waals surface area contributed by atoms with Gasteiger partial charge < -0.3 is 5.32 Å². The molecule has 19 heavy (non-hydrogen) atoms. The molecule has 0 saturated carbocycles. The minimum atomic E-state index is 0.318. The van der Waals surface area contributed by atoms with Crippen LogP contribution in [0, 0.1) is 0 Å². The van der Waals surface area contributed by atoms with Crippen LogP contribution in [-0.4, -0.2) is 16.8 Å². The lowest BCUT2D eigenvalue weighted by molar-refractivity contribution is 0.591. The van der Waals surface area contributed by atoms with Crippen molar-refractivity contribution in [2.24, 2.45) is 7.05 Å². The van der Waals surface area contributed by atoms with Gasteiger partial charge in [-0.15, -0.1) is 0 Å². The minimum absolute atomic E-state index is 0.318. The molecule has 1 aromatic heterocycles. The van der Waals surface area contributed by atoms with Crippen molar-refractivity contribution < 1.29 is 0 Å². The molecule has 0 spiro atoms. The fourth-order valence-electron chi connectivity index (χ4n) is 2.28. The molecule has 1 N–H and O–H groups in total. The van der Waals surface area contributed by atoms with E-state index in [0.717, 1.165) is 6.42 Å². The molecule has 3 heteroatoms. The first-order valence-electron chi connectivity index (χ1n) is 6.84. The molecule has 0 aliphatic heterocycles. The van der Waals surface area contributed by atoms with Crippen molar-refractivity contribution >= 4 is 0 Å². The molecule has 0 aliphatic carbocycles. The average Bonchev–Trinajstić information content (AvgIpc) is 2.83. The van der Waals surface area contributed by atoms with Crippen LogP contribution < -0.4 is 5.32 Å². The first kappa shape index (κ1) is 13.8. The van der Waals surface area contributed by atoms with E-state index in [1.54, 1.807) is 0 Å². The topological polar surface area (TPSA) is 29.9 Å². The Kier molecular flexibility index (Phi) is 4.38. The summed E-state index contributed by atoms with van der Waals surface area (Å²) in [5, 5.41) is 7.61. The highest BCUT2D eigenvalue weighted by Crippen LogP contribution is 2.20. The molecule has 0 bridgehead atoms. The van der Waals surface area contributed by atoms with Crippen LogP contribution in [0.3, 0.4) is 0 Å². The molecule has 1 unspecified atom stereocenters. The predicted octanol–water partition coefficient (Wildman–Crippen LogP) is 3.05. The summed E-state index contributed by atoms with van der Waals surface area (Å²) in [6, 6.07) is 9.25. The molecule has 1 heterocycles. The summed E-state index contributed by atoms with van der Waals surface area (Å²) in [6.07, 6.45) is 4.99. The summed E-state index contributed by atoms with van der Waals surface area (Å²) in [6.45, 7) is 4.45. The Balaban J connectivity index is 2.10. The summed E-state index contributed by atoms with van der Waals surface area (Å²) in [5.41, 5.74) is 3.98. The summed E-state index contributed by atoms with van der Waals surface area (Å²) in [5.74, 6) is 0.590. The third-order valence-electron chi connectivity index (χ3n) is 3.56. The second-order valence-corrected chi connectivity index (χ2v) is 5.39. The Morgan fingerprint density at radius 3 is 2.32 bits per heavy atom. The fourth-order valence-corrected chi connectivity index (χ4v) is 2.28. The lowest BCUT2D eigenvalue weighted by atomic mass is 9.97. The molecular formula is C16H23N3. The Morgan fingerprint density at radius 2 is 1.84 bits per heavy atom. The molecule has 0 radical (unpaired) electrons. The quantitative estimate of drug-likeness (QED) is 0.892. The van der Waals surface area contributed by atoms with E-state index in [9.17, 15) is 0 Å². The number of likely N-dealkylation sites (N-methyl/N-ethyl adjacent to an activating group) is 1. The van der Waals surface area contributed by atoms with Gasteiger partial charge >= 0.3 is 0 Å². The summed E-state index contributed by atoms with van der Waals surface area (Å²) < 4.78 is 1.85. The monoisotopic (exact) mass is 257 g/mol. The Labute approximate surface area is 115 Å². The number of aromatic nitrogens is 2. The van der Waals surface area contributed by atoms with Gasteiger partial charge in [-0.1, -0.05) is 38.1 Å². The van der Waals surface area contributed by atoms with Crippen molar-refractivity contribution in [2.75, 3.05) is 7.05 Å². The normalized spacial score (nSPS) is 12.9. The minimum Gasteiger partial charge on any atom is -0.313 e. The van der Waals surface area contributed by atoms with Gasteiger partial charge in [-0.05, 0) is 30.5 Å². The van der Waals surface area contributed by atoms with E-state index in [1.807, 2.05) is 25.0 Å². The zero-order valence-electron chi connectivity index (χ0n) is 12.2. The summed E-state index contributed by atoms with van der Waals surface area (Å²) >= 11 is 0. The zero-order chi connectivity index (χ0) is 13.8. The van der Waals surface area contributed by atoms with Crippen LogP contribution in [0.2, 0.25) is 0 Å². The van der Waals surface area contributed by atoms with Gasteiger partial charge in [0, 0.05) is 24.8 Å². The van der Waals surface area contributed by atoms with Crippen molar-refractivity contribution in [3.8, 4) is 0 Å². The number of hydrogen-bond donors (Lipinski definition) is 1. The van der Waals surface area contributed by atoms with Gasteiger partial charge in [-0.25, -0.2) is 0 Å². The van der Waals surface area contributed by atoms with Gasteiger partial charge in [0.15, 0.2) is 0 Å². The van der Waals surface area contributed by atoms with Crippen LogP contribution in [-0.2, 0) is 13.5 Å². The molecule has 2 aromatic rings. The Morgan fingerprint density at radius 1 is 1.16 bits per heavy atom. The second-order valence-electron chi connectivity index (χ2n) is 5.39. The molecule has 0 fully saturated rings. The van der Waals surface area contributed by atoms with Crippen molar-refractivity contribution in [1.82, 2.24) is 15.1 Å². The Bertz CT molecular complexity index is 511. The van der Waals surface area contributed by atoms with Crippen molar-refractivity contribution in [3.63, 3.8) is 0 Å². The number of hydrogen-bond acceptors (Lipinski definition) is 2. The van der Waals surface area contributed by atoms with Gasteiger partial charge in [-0.3, -0.25) is 4.68 Å². The summed E-state index contributed by atoms with van der Waals surface area (Å²) in [7, 11) is 3.95. The van der Waals surface area contributed by atoms with Gasteiger partial charge in [-0.2, -0.15) is 5.10 Å². The average molecular weight is 257 g/mol. The smallest absolute Gasteiger partial charge is 0.0537 e. The Hall–Kier alpha value is -1.61. The van der Waals surface area contributed by atoms with Crippen LogP contribution in [0.5, 0.6) is 0 Å². The molecule has 0 aliphatic rings. The van der Waals surface area contributed by atoms with E-state index in [4.69, 9.17) is 0 Å². The van der Waals surface area contributed by atoms with Crippen LogP contribution in [0.4, 0.5) is 0 Å². The molecule has 2 rings (SSSR count). The van der Waals surface area contributed by atoms with Gasteiger partial charge in [0.05, 0.1) is 6.20 Å². The predicted molar refractivity (Wildman–Crippen MR) is 79.2 cm³/mol. The molecule has 0 saturated heterocycles. The number of aryl methyl sites for hydroxylation is 1. The fraction of sp³-hybridized carbons (Fsp3) is 0.438. The maximum atomic E-state index is 4.24. The van der Waals surface area contributed by atoms with E-state index < -0.39 is 0 Å². The maximum absolute atomic E-state index is 4.24. The third-order valence-corrected chi connectivity index (χ3v) is 3.56. The van der Waals surface area contributed by atoms with Gasteiger partial charge in [0.1, 0.15) is 0 Å². The molecule has 0 amide bonds. The lowest BCUT2D eigenvalue weighted by Crippen LogP contribution is -2.18. The molecular weight excluding hydrogens is 234 g/mol. The van der Waals surface area contributed by atoms with Crippen molar-refractivity contribution in [1.29, 1.82) is 0 Å². The first-order chi connectivity index (χ1) is 9.10. The van der Waals surface area contributed by atoms with E-state index in [0.29, 0.717) is 12.0 Å². The largest absolute Gasteiger partial charge is 0.313 e. The molecule has 1 atom stereocenters. The highest BCUT2D eigenvalue weighted by Gasteiger charge is 2.12. The van der Waals surface area contributed by atoms with Crippen molar-refractivity contribution in [3.05, 3.63) is 53.3 Å². The SMILES string of the molecule is CNC(Cc1ccc(C(C)C)cc1)c1cnn(C)c1. The van der Waals surface area contributed by atoms with Crippen molar-refractivity contribution in [2.45, 2.75) is 32.2 Å². The first-order valence-corrected chi connectivity index (χ1v) is 6.84. The highest BCUT2D eigenvalue weighted by molar-refractivity contribution is 5.26. The number of rotatable bonds is 5. The highest BCUT2D eigenvalue weighted by atomic mass is 15.2. The van der Waals surface area contributed by atoms with Gasteiger partial charge in [0.2, 0.25) is 0 Å². The summed E-state index contributed by atoms with van der Waals surface area (Å²) in [4.78, 5) is 0. The van der Waals surface area contributed by atoms with Crippen LogP contribution in [0.15, 0.2) is 36.7 Å². The second kappa shape index (κ2) is 6.02. The molecule has 3 nitrogen and oxygen atoms in total. The van der Waals surface area contributed by atoms with E-state index in [1.165, 1.54) is 16.7 Å². The third kappa shape index (κ3) is 3.44. The number of nitrogens with zero attached hydrogens (tertiary/aromatic N) is 2. The van der Waals surface area contributed by atoms with Crippen LogP contribution in [0.1, 0.15) is 42.5 Å². The molecule has 1 aromatic carbocycles. The molecule has 102 valence electrons. The van der Waals surface area contributed by atoms with Crippen LogP contribution in [0.25, 0.3) is 0 Å². The lowest BCUT2D eigenvalue weighted by Gasteiger charge is -2.15. The van der Waals surface area contributed by atoms with E-state index in [2.05, 4.69) is 54.7 Å². The number of benzene rings is 1. The maximum Gasteiger partial charge on any atom is 0.0537 e. The van der Waals surface area contributed by atoms with E-state index >= 15 is 0 Å². The van der Waals surface area contributed by atoms with E-state index in [-0.39, 0.29) is 0 Å². The van der Waals surface area contributed by atoms with Crippen LogP contribution >= 0.6 is 0 Å². The van der Waals surface area contributed by atoms with Gasteiger partial charge in [0.25, 0.3) is 0 Å². The zero-order valence-corrected chi connectivity index (χ0v) is 12.2. The number of nitrogens with one attached hydrogen (secondary N) is 1. The standard InChI is InChI=1S/C16H23N3/c1-12(2)14-7-5-13(6-8-14)9-16(17-3)15-10-18-19(4)11-15/h5-8,10-12,16-17H,9H2,1-4H3.